The van der Waals surface area contributed by atoms with Gasteiger partial charge in [0.05, 0.1) is 5.56 Å². The van der Waals surface area contributed by atoms with Gasteiger partial charge in [0, 0.05) is 18.7 Å². The standard InChI is InChI=1S/C16H21BO4/c1-3-4-7-14(19)10-13-9-12-6-5-8-15(11(2)18)16(12)21-17(13)20/h5-6,8,13,20H,3-4,7,9-10H2,1-2H3/t13-/m1/s1. The Kier molecular flexibility index (Phi) is 5.18. The molecule has 1 aromatic rings. The monoisotopic (exact) mass is 288 g/mol. The van der Waals surface area contributed by atoms with Gasteiger partial charge in [0.1, 0.15) is 11.5 Å². The third kappa shape index (κ3) is 3.73. The zero-order valence-electron chi connectivity index (χ0n) is 12.6. The van der Waals surface area contributed by atoms with E-state index in [1.165, 1.54) is 6.92 Å². The van der Waals surface area contributed by atoms with Crippen LogP contribution in [-0.4, -0.2) is 23.7 Å². The summed E-state index contributed by atoms with van der Waals surface area (Å²) in [6.07, 6.45) is 3.31. The van der Waals surface area contributed by atoms with Crippen molar-refractivity contribution in [2.45, 2.75) is 51.8 Å². The summed E-state index contributed by atoms with van der Waals surface area (Å²) in [5.41, 5.74) is 1.38. The van der Waals surface area contributed by atoms with Crippen molar-refractivity contribution in [3.63, 3.8) is 0 Å². The predicted octanol–water partition coefficient (Wildman–Crippen LogP) is 2.82. The Morgan fingerprint density at radius 3 is 2.86 bits per heavy atom. The normalized spacial score (nSPS) is 17.1. The van der Waals surface area contributed by atoms with Crippen LogP contribution in [0.3, 0.4) is 0 Å². The molecule has 0 aliphatic carbocycles. The molecule has 1 aromatic carbocycles. The zero-order chi connectivity index (χ0) is 15.4. The van der Waals surface area contributed by atoms with Crippen molar-refractivity contribution in [1.82, 2.24) is 0 Å². The van der Waals surface area contributed by atoms with Gasteiger partial charge in [0.15, 0.2) is 5.78 Å². The predicted molar refractivity (Wildman–Crippen MR) is 81.7 cm³/mol. The van der Waals surface area contributed by atoms with E-state index in [-0.39, 0.29) is 17.4 Å². The Morgan fingerprint density at radius 2 is 2.19 bits per heavy atom. The number of carbonyl (C=O) groups excluding carboxylic acids is 2. The Morgan fingerprint density at radius 1 is 1.43 bits per heavy atom. The molecule has 112 valence electrons. The molecule has 0 amide bonds. The number of hydrogen-bond donors (Lipinski definition) is 1. The summed E-state index contributed by atoms with van der Waals surface area (Å²) in [6.45, 7) is 3.52. The molecule has 4 nitrogen and oxygen atoms in total. The fourth-order valence-corrected chi connectivity index (χ4v) is 2.70. The van der Waals surface area contributed by atoms with Gasteiger partial charge in [-0.05, 0) is 31.4 Å². The Hall–Kier alpha value is -1.62. The Bertz CT molecular complexity index is 541. The average Bonchev–Trinajstić information content (AvgIpc) is 2.45. The lowest BCUT2D eigenvalue weighted by atomic mass is 9.64. The van der Waals surface area contributed by atoms with Crippen LogP contribution in [0, 0.1) is 0 Å². The van der Waals surface area contributed by atoms with Crippen molar-refractivity contribution >= 4 is 18.7 Å². The van der Waals surface area contributed by atoms with E-state index >= 15 is 0 Å². The molecule has 1 atom stereocenters. The van der Waals surface area contributed by atoms with Crippen LogP contribution in [0.4, 0.5) is 0 Å². The third-order valence-electron chi connectivity index (χ3n) is 3.90. The summed E-state index contributed by atoms with van der Waals surface area (Å²) >= 11 is 0. The minimum absolute atomic E-state index is 0.0866. The first-order chi connectivity index (χ1) is 10.0. The summed E-state index contributed by atoms with van der Waals surface area (Å²) in [5.74, 6) is 0.311. The zero-order valence-corrected chi connectivity index (χ0v) is 12.6. The molecule has 0 radical (unpaired) electrons. The lowest BCUT2D eigenvalue weighted by Gasteiger charge is -2.28. The van der Waals surface area contributed by atoms with E-state index in [0.29, 0.717) is 30.6 Å². The van der Waals surface area contributed by atoms with Crippen molar-refractivity contribution < 1.29 is 19.3 Å². The third-order valence-corrected chi connectivity index (χ3v) is 3.90. The first-order valence-corrected chi connectivity index (χ1v) is 7.52. The van der Waals surface area contributed by atoms with Crippen LogP contribution < -0.4 is 4.65 Å². The van der Waals surface area contributed by atoms with Gasteiger partial charge in [0.25, 0.3) is 0 Å². The van der Waals surface area contributed by atoms with Gasteiger partial charge in [-0.15, -0.1) is 0 Å². The lowest BCUT2D eigenvalue weighted by Crippen LogP contribution is -2.35. The molecule has 5 heteroatoms. The number of Topliss-reactive ketones (excluding diaryl/α,β-unsaturated/α-hetero) is 2. The fraction of sp³-hybridized carbons (Fsp3) is 0.500. The van der Waals surface area contributed by atoms with Crippen LogP contribution >= 0.6 is 0 Å². The smallest absolute Gasteiger partial charge is 0.526 e. The Labute approximate surface area is 125 Å². The number of carbonyl (C=O) groups is 2. The topological polar surface area (TPSA) is 63.6 Å². The highest BCUT2D eigenvalue weighted by Crippen LogP contribution is 2.36. The van der Waals surface area contributed by atoms with E-state index in [4.69, 9.17) is 4.65 Å². The van der Waals surface area contributed by atoms with Crippen LogP contribution in [0.15, 0.2) is 18.2 Å². The molecule has 0 bridgehead atoms. The minimum atomic E-state index is -1.02. The second-order valence-corrected chi connectivity index (χ2v) is 5.67. The average molecular weight is 288 g/mol. The molecule has 1 aliphatic rings. The number of rotatable bonds is 6. The SMILES string of the molecule is CCCCC(=O)C[C@H]1Cc2cccc(C(C)=O)c2OB1O. The molecule has 2 rings (SSSR count). The van der Waals surface area contributed by atoms with E-state index < -0.39 is 7.12 Å². The van der Waals surface area contributed by atoms with Crippen molar-refractivity contribution in [2.24, 2.45) is 0 Å². The quantitative estimate of drug-likeness (QED) is 0.645. The summed E-state index contributed by atoms with van der Waals surface area (Å²) in [4.78, 5) is 23.5. The molecule has 0 fully saturated rings. The van der Waals surface area contributed by atoms with Gasteiger partial charge in [0.2, 0.25) is 0 Å². The minimum Gasteiger partial charge on any atom is -0.535 e. The molecule has 21 heavy (non-hydrogen) atoms. The molecule has 1 aliphatic heterocycles. The number of ketones is 2. The molecule has 0 spiro atoms. The van der Waals surface area contributed by atoms with Gasteiger partial charge in [-0.1, -0.05) is 25.5 Å². The van der Waals surface area contributed by atoms with Crippen LogP contribution in [-0.2, 0) is 11.2 Å². The van der Waals surface area contributed by atoms with Gasteiger partial charge in [-0.25, -0.2) is 0 Å². The van der Waals surface area contributed by atoms with E-state index in [9.17, 15) is 14.6 Å². The van der Waals surface area contributed by atoms with E-state index in [1.54, 1.807) is 6.07 Å². The van der Waals surface area contributed by atoms with Gasteiger partial charge >= 0.3 is 7.12 Å². The van der Waals surface area contributed by atoms with E-state index in [2.05, 4.69) is 0 Å². The summed E-state index contributed by atoms with van der Waals surface area (Å²) < 4.78 is 5.52. The number of para-hydroxylation sites is 1. The van der Waals surface area contributed by atoms with Crippen molar-refractivity contribution in [3.8, 4) is 5.75 Å². The lowest BCUT2D eigenvalue weighted by molar-refractivity contribution is -0.119. The molecule has 0 aromatic heterocycles. The second kappa shape index (κ2) is 6.90. The van der Waals surface area contributed by atoms with Crippen LogP contribution in [0.2, 0.25) is 5.82 Å². The van der Waals surface area contributed by atoms with Crippen molar-refractivity contribution in [3.05, 3.63) is 29.3 Å². The first kappa shape index (κ1) is 15.8. The summed E-state index contributed by atoms with van der Waals surface area (Å²) in [7, 11) is -1.02. The second-order valence-electron chi connectivity index (χ2n) is 5.67. The first-order valence-electron chi connectivity index (χ1n) is 7.52. The maximum absolute atomic E-state index is 11.9. The van der Waals surface area contributed by atoms with Crippen molar-refractivity contribution in [2.75, 3.05) is 0 Å². The molecule has 0 unspecified atom stereocenters. The maximum Gasteiger partial charge on any atom is 0.526 e. The summed E-state index contributed by atoms with van der Waals surface area (Å²) in [5, 5.41) is 10.1. The highest BCUT2D eigenvalue weighted by molar-refractivity contribution is 6.47. The number of hydrogen-bond acceptors (Lipinski definition) is 4. The number of unbranched alkanes of at least 4 members (excludes halogenated alkanes) is 1. The highest BCUT2D eigenvalue weighted by atomic mass is 16.5. The molecule has 1 N–H and O–H groups in total. The van der Waals surface area contributed by atoms with Crippen LogP contribution in [0.1, 0.15) is 55.5 Å². The van der Waals surface area contributed by atoms with Gasteiger partial charge in [-0.3, -0.25) is 9.59 Å². The Balaban J connectivity index is 2.12. The molecular weight excluding hydrogens is 267 g/mol. The molecule has 0 saturated heterocycles. The summed E-state index contributed by atoms with van der Waals surface area (Å²) in [6, 6.07) is 5.39. The van der Waals surface area contributed by atoms with Gasteiger partial charge in [-0.2, -0.15) is 0 Å². The largest absolute Gasteiger partial charge is 0.535 e. The molecule has 0 saturated carbocycles. The number of benzene rings is 1. The highest BCUT2D eigenvalue weighted by Gasteiger charge is 2.37. The van der Waals surface area contributed by atoms with Crippen LogP contribution in [0.25, 0.3) is 0 Å². The van der Waals surface area contributed by atoms with E-state index in [0.717, 1.165) is 18.4 Å². The van der Waals surface area contributed by atoms with E-state index in [1.807, 2.05) is 19.1 Å². The fourth-order valence-electron chi connectivity index (χ4n) is 2.70. The van der Waals surface area contributed by atoms with Crippen LogP contribution in [0.5, 0.6) is 5.75 Å². The van der Waals surface area contributed by atoms with Gasteiger partial charge < -0.3 is 9.68 Å². The maximum atomic E-state index is 11.9. The van der Waals surface area contributed by atoms with Crippen molar-refractivity contribution in [1.29, 1.82) is 0 Å². The number of fused-ring (bicyclic) bond motifs is 1. The molecule has 1 heterocycles. The molecular formula is C16H21BO4.